The normalized spacial score (nSPS) is 11.3. The molecule has 1 N–H and O–H groups in total. The van der Waals surface area contributed by atoms with Gasteiger partial charge in [0.05, 0.1) is 16.6 Å². The Morgan fingerprint density at radius 1 is 1.22 bits per heavy atom. The molecule has 0 unspecified atom stereocenters. The molecule has 2 aromatic carbocycles. The summed E-state index contributed by atoms with van der Waals surface area (Å²) in [6.45, 7) is 3.10. The number of anilines is 1. The molecule has 8 heteroatoms. The molecule has 2 rings (SSSR count). The number of carbonyl (C=O) groups excluding carboxylic acids is 1. The zero-order valence-electron chi connectivity index (χ0n) is 12.2. The molecule has 2 aromatic rings. The molecule has 0 saturated heterocycles. The Morgan fingerprint density at radius 3 is 2.43 bits per heavy atom. The van der Waals surface area contributed by atoms with Gasteiger partial charge in [-0.2, -0.15) is 0 Å². The maximum absolute atomic E-state index is 13.8. The van der Waals surface area contributed by atoms with Crippen LogP contribution >= 0.6 is 11.6 Å². The Bertz CT molecular complexity index is 897. The minimum atomic E-state index is -4.18. The van der Waals surface area contributed by atoms with Gasteiger partial charge in [-0.15, -0.1) is 0 Å². The largest absolute Gasteiger partial charge is 0.545 e. The number of carboxylic acids is 1. The molecule has 0 aromatic heterocycles. The van der Waals surface area contributed by atoms with E-state index in [0.717, 1.165) is 12.1 Å². The van der Waals surface area contributed by atoms with E-state index in [0.29, 0.717) is 11.1 Å². The third-order valence-electron chi connectivity index (χ3n) is 3.32. The van der Waals surface area contributed by atoms with Gasteiger partial charge in [0, 0.05) is 5.02 Å². The summed E-state index contributed by atoms with van der Waals surface area (Å²) in [5.41, 5.74) is 0.260. The van der Waals surface area contributed by atoms with E-state index in [4.69, 9.17) is 11.6 Å². The van der Waals surface area contributed by atoms with Crippen molar-refractivity contribution < 1.29 is 22.7 Å². The third kappa shape index (κ3) is 3.62. The minimum absolute atomic E-state index is 0.122. The second kappa shape index (κ2) is 6.17. The van der Waals surface area contributed by atoms with E-state index in [9.17, 15) is 22.7 Å². The lowest BCUT2D eigenvalue weighted by molar-refractivity contribution is -0.255. The zero-order valence-corrected chi connectivity index (χ0v) is 13.8. The van der Waals surface area contributed by atoms with Gasteiger partial charge in [0.15, 0.2) is 0 Å². The molecule has 0 heterocycles. The first-order valence-electron chi connectivity index (χ1n) is 6.42. The number of hydrogen-bond donors (Lipinski definition) is 1. The smallest absolute Gasteiger partial charge is 0.262 e. The van der Waals surface area contributed by atoms with Crippen molar-refractivity contribution in [2.75, 3.05) is 4.72 Å². The highest BCUT2D eigenvalue weighted by Gasteiger charge is 2.21. The van der Waals surface area contributed by atoms with Gasteiger partial charge < -0.3 is 9.90 Å². The molecular weight excluding hydrogens is 345 g/mol. The number of benzene rings is 2. The quantitative estimate of drug-likeness (QED) is 0.910. The van der Waals surface area contributed by atoms with Crippen LogP contribution in [0, 0.1) is 19.7 Å². The average molecular weight is 357 g/mol. The van der Waals surface area contributed by atoms with E-state index in [-0.39, 0.29) is 21.2 Å². The number of nitrogens with one attached hydrogen (secondary N) is 1. The lowest BCUT2D eigenvalue weighted by atomic mass is 10.1. The average Bonchev–Trinajstić information content (AvgIpc) is 2.44. The molecule has 0 atom stereocenters. The molecule has 23 heavy (non-hydrogen) atoms. The van der Waals surface area contributed by atoms with Crippen LogP contribution in [-0.2, 0) is 10.0 Å². The molecule has 0 radical (unpaired) electrons. The lowest BCUT2D eigenvalue weighted by Crippen LogP contribution is -2.24. The summed E-state index contributed by atoms with van der Waals surface area (Å²) in [4.78, 5) is 10.7. The summed E-state index contributed by atoms with van der Waals surface area (Å²) in [5, 5.41) is 11.1. The van der Waals surface area contributed by atoms with E-state index in [1.807, 2.05) is 0 Å². The molecule has 0 amide bonds. The number of carboxylic acid groups (broad SMARTS) is 1. The number of halogens is 2. The topological polar surface area (TPSA) is 86.3 Å². The van der Waals surface area contributed by atoms with Crippen LogP contribution in [0.25, 0.3) is 0 Å². The highest BCUT2D eigenvalue weighted by atomic mass is 35.5. The van der Waals surface area contributed by atoms with Crippen molar-refractivity contribution >= 4 is 33.3 Å². The van der Waals surface area contributed by atoms with Crippen LogP contribution in [0.5, 0.6) is 0 Å². The van der Waals surface area contributed by atoms with Crippen LogP contribution in [0.4, 0.5) is 10.1 Å². The maximum atomic E-state index is 13.8. The SMILES string of the molecule is Cc1cc(C(=O)[O-])cc(S(=O)(=O)Nc2ccc(Cl)cc2F)c1C. The number of rotatable bonds is 4. The van der Waals surface area contributed by atoms with E-state index in [1.54, 1.807) is 6.92 Å². The van der Waals surface area contributed by atoms with E-state index >= 15 is 0 Å². The predicted molar refractivity (Wildman–Crippen MR) is 82.5 cm³/mol. The number of hydrogen-bond acceptors (Lipinski definition) is 4. The molecule has 0 spiro atoms. The molecule has 0 aliphatic rings. The summed E-state index contributed by atoms with van der Waals surface area (Å²) < 4.78 is 40.8. The molecule has 0 bridgehead atoms. The van der Waals surface area contributed by atoms with Crippen LogP contribution in [0.15, 0.2) is 35.2 Å². The van der Waals surface area contributed by atoms with Gasteiger partial charge in [0.1, 0.15) is 5.82 Å². The second-order valence-electron chi connectivity index (χ2n) is 4.93. The van der Waals surface area contributed by atoms with Gasteiger partial charge in [0.25, 0.3) is 10.0 Å². The maximum Gasteiger partial charge on any atom is 0.262 e. The number of sulfonamides is 1. The van der Waals surface area contributed by atoms with Crippen molar-refractivity contribution in [2.24, 2.45) is 0 Å². The van der Waals surface area contributed by atoms with E-state index in [2.05, 4.69) is 4.72 Å². The van der Waals surface area contributed by atoms with Gasteiger partial charge in [0.2, 0.25) is 0 Å². The molecule has 5 nitrogen and oxygen atoms in total. The fourth-order valence-corrected chi connectivity index (χ4v) is 3.57. The van der Waals surface area contributed by atoms with Crippen molar-refractivity contribution in [3.63, 3.8) is 0 Å². The Balaban J connectivity index is 2.53. The lowest BCUT2D eigenvalue weighted by Gasteiger charge is -2.15. The van der Waals surface area contributed by atoms with Crippen molar-refractivity contribution in [1.82, 2.24) is 0 Å². The fourth-order valence-electron chi connectivity index (χ4n) is 2.00. The molecule has 0 aliphatic carbocycles. The molecule has 0 saturated carbocycles. The highest BCUT2D eigenvalue weighted by Crippen LogP contribution is 2.26. The summed E-state index contributed by atoms with van der Waals surface area (Å²) >= 11 is 5.62. The van der Waals surface area contributed by atoms with Gasteiger partial charge in [-0.25, -0.2) is 12.8 Å². The first-order valence-corrected chi connectivity index (χ1v) is 8.28. The fraction of sp³-hybridized carbons (Fsp3) is 0.133. The summed E-state index contributed by atoms with van der Waals surface area (Å²) in [7, 11) is -4.18. The van der Waals surface area contributed by atoms with Crippen molar-refractivity contribution in [1.29, 1.82) is 0 Å². The van der Waals surface area contributed by atoms with E-state index < -0.39 is 21.8 Å². The number of aromatic carboxylic acids is 1. The van der Waals surface area contributed by atoms with Crippen LogP contribution in [-0.4, -0.2) is 14.4 Å². The van der Waals surface area contributed by atoms with Gasteiger partial charge in [-0.1, -0.05) is 11.6 Å². The first kappa shape index (κ1) is 17.2. The van der Waals surface area contributed by atoms with E-state index in [1.165, 1.54) is 25.1 Å². The van der Waals surface area contributed by atoms with Crippen LogP contribution < -0.4 is 9.83 Å². The molecule has 0 aliphatic heterocycles. The monoisotopic (exact) mass is 356 g/mol. The van der Waals surface area contributed by atoms with Gasteiger partial charge in [-0.3, -0.25) is 4.72 Å². The first-order chi connectivity index (χ1) is 10.6. The second-order valence-corrected chi connectivity index (χ2v) is 7.02. The number of aryl methyl sites for hydroxylation is 1. The van der Waals surface area contributed by atoms with Crippen molar-refractivity contribution in [3.05, 3.63) is 57.9 Å². The Labute approximate surface area is 137 Å². The summed E-state index contributed by atoms with van der Waals surface area (Å²) in [6, 6.07) is 5.77. The predicted octanol–water partition coefficient (Wildman–Crippen LogP) is 2.26. The molecular formula is C15H12ClFNO4S-. The van der Waals surface area contributed by atoms with Crippen LogP contribution in [0.2, 0.25) is 5.02 Å². The number of carbonyl (C=O) groups is 1. The standard InChI is InChI=1S/C15H13ClFNO4S/c1-8-5-10(15(19)20)6-14(9(8)2)23(21,22)18-13-4-3-11(16)7-12(13)17/h3-7,18H,1-2H3,(H,19,20)/p-1. The van der Waals surface area contributed by atoms with Gasteiger partial charge in [-0.05, 0) is 60.9 Å². The Kier molecular flexibility index (Phi) is 4.63. The molecule has 122 valence electrons. The molecule has 0 fully saturated rings. The minimum Gasteiger partial charge on any atom is -0.545 e. The van der Waals surface area contributed by atoms with Crippen LogP contribution in [0.1, 0.15) is 21.5 Å². The highest BCUT2D eigenvalue weighted by molar-refractivity contribution is 7.92. The third-order valence-corrected chi connectivity index (χ3v) is 5.05. The van der Waals surface area contributed by atoms with Crippen molar-refractivity contribution in [2.45, 2.75) is 18.7 Å². The van der Waals surface area contributed by atoms with Crippen molar-refractivity contribution in [3.8, 4) is 0 Å². The Morgan fingerprint density at radius 2 is 1.87 bits per heavy atom. The summed E-state index contributed by atoms with van der Waals surface area (Å²) in [5.74, 6) is -2.34. The van der Waals surface area contributed by atoms with Gasteiger partial charge >= 0.3 is 0 Å². The summed E-state index contributed by atoms with van der Waals surface area (Å²) in [6.07, 6.45) is 0. The van der Waals surface area contributed by atoms with Crippen LogP contribution in [0.3, 0.4) is 0 Å². The Hall–Kier alpha value is -2.12. The zero-order chi connectivity index (χ0) is 17.4.